The van der Waals surface area contributed by atoms with Gasteiger partial charge >= 0.3 is 37.0 Å². The molecular formula is C50H55ClF8N2O10S2. The highest BCUT2D eigenvalue weighted by Crippen LogP contribution is 2.43. The van der Waals surface area contributed by atoms with Crippen LogP contribution in [0.1, 0.15) is 72.1 Å². The number of benzene rings is 4. The number of alkyl halides is 8. The average Bonchev–Trinajstić information content (AvgIpc) is 4.27. The maximum absolute atomic E-state index is 13.9. The highest BCUT2D eigenvalue weighted by Gasteiger charge is 2.57. The summed E-state index contributed by atoms with van der Waals surface area (Å²) in [6.45, 7) is 6.89. The summed E-state index contributed by atoms with van der Waals surface area (Å²) < 4.78 is 166. The van der Waals surface area contributed by atoms with E-state index in [0.717, 1.165) is 49.9 Å². The first kappa shape index (κ1) is 57.3. The molecule has 0 radical (unpaired) electrons. The molecule has 0 atom stereocenters. The molecule has 73 heavy (non-hydrogen) atoms. The molecule has 2 saturated heterocycles. The maximum atomic E-state index is 13.9. The van der Waals surface area contributed by atoms with Crippen molar-refractivity contribution in [3.63, 3.8) is 0 Å². The molecule has 12 nitrogen and oxygen atoms in total. The van der Waals surface area contributed by atoms with Crippen molar-refractivity contribution < 1.29 is 80.9 Å². The molecule has 1 N–H and O–H groups in total. The minimum Gasteiger partial charge on any atom is -0.480 e. The summed E-state index contributed by atoms with van der Waals surface area (Å²) in [5, 5.41) is 9.89. The number of esters is 1. The number of carbonyl (C=O) groups excluding carboxylic acids is 1. The zero-order valence-corrected chi connectivity index (χ0v) is 42.2. The van der Waals surface area contributed by atoms with Gasteiger partial charge in [-0.3, -0.25) is 9.59 Å². The van der Waals surface area contributed by atoms with E-state index in [9.17, 15) is 66.7 Å². The fourth-order valence-corrected chi connectivity index (χ4v) is 12.7. The normalized spacial score (nSPS) is 18.8. The number of rotatable bonds is 16. The smallest absolute Gasteiger partial charge is 0.461 e. The Hall–Kier alpha value is -5.03. The third kappa shape index (κ3) is 12.6. The van der Waals surface area contributed by atoms with Gasteiger partial charge in [0.05, 0.1) is 9.79 Å². The van der Waals surface area contributed by atoms with Crippen molar-refractivity contribution in [1.29, 1.82) is 0 Å². The van der Waals surface area contributed by atoms with Crippen LogP contribution in [0.3, 0.4) is 0 Å². The van der Waals surface area contributed by atoms with Crippen molar-refractivity contribution in [2.24, 2.45) is 0 Å². The molecule has 2 aliphatic carbocycles. The lowest BCUT2D eigenvalue weighted by atomic mass is 9.95. The number of carbonyl (C=O) groups is 2. The Bertz CT molecular complexity index is 2780. The van der Waals surface area contributed by atoms with E-state index >= 15 is 0 Å². The van der Waals surface area contributed by atoms with Gasteiger partial charge in [0, 0.05) is 38.3 Å². The van der Waals surface area contributed by atoms with E-state index in [1.54, 1.807) is 32.9 Å². The van der Waals surface area contributed by atoms with Gasteiger partial charge in [0.2, 0.25) is 0 Å². The van der Waals surface area contributed by atoms with Crippen LogP contribution in [0.5, 0.6) is 11.5 Å². The zero-order chi connectivity index (χ0) is 52.7. The predicted octanol–water partition coefficient (Wildman–Crippen LogP) is 10.6. The number of likely N-dealkylation sites (tertiary alicyclic amines) is 2. The highest BCUT2D eigenvalue weighted by atomic mass is 35.5. The van der Waals surface area contributed by atoms with Crippen LogP contribution in [0, 0.1) is 0 Å². The number of hydrogen-bond acceptors (Lipinski definition) is 11. The second kappa shape index (κ2) is 21.7. The lowest BCUT2D eigenvalue weighted by molar-refractivity contribution is -0.253. The summed E-state index contributed by atoms with van der Waals surface area (Å²) >= 11 is 0. The van der Waals surface area contributed by atoms with E-state index in [0.29, 0.717) is 60.5 Å². The Labute approximate surface area is 424 Å². The molecule has 8 rings (SSSR count). The number of halogens is 9. The largest absolute Gasteiger partial charge is 0.480 e. The molecule has 0 unspecified atom stereocenters. The van der Waals surface area contributed by atoms with Crippen LogP contribution < -0.4 is 9.47 Å². The number of carboxylic acid groups (broad SMARTS) is 1. The van der Waals surface area contributed by atoms with Gasteiger partial charge in [-0.1, -0.05) is 48.5 Å². The van der Waals surface area contributed by atoms with Crippen molar-refractivity contribution in [2.45, 2.75) is 134 Å². The zero-order valence-electron chi connectivity index (χ0n) is 39.8. The molecule has 0 amide bonds. The molecule has 0 bridgehead atoms. The van der Waals surface area contributed by atoms with Gasteiger partial charge in [0.15, 0.2) is 29.2 Å². The van der Waals surface area contributed by atoms with E-state index in [1.807, 2.05) is 0 Å². The predicted molar refractivity (Wildman–Crippen MR) is 255 cm³/mol. The topological polar surface area (TPSA) is 157 Å². The Balaban J connectivity index is 0.000000236. The molecule has 4 fully saturated rings. The Kier molecular flexibility index (Phi) is 17.0. The summed E-state index contributed by atoms with van der Waals surface area (Å²) in [4.78, 5) is 29.7. The van der Waals surface area contributed by atoms with Crippen molar-refractivity contribution >= 4 is 44.0 Å². The Morgan fingerprint density at radius 2 is 0.836 bits per heavy atom. The molecule has 4 aromatic rings. The molecule has 4 aromatic carbocycles. The first-order valence-electron chi connectivity index (χ1n) is 23.2. The molecule has 400 valence electrons. The third-order valence-electron chi connectivity index (χ3n) is 13.2. The number of piperidine rings is 2. The average molecular weight is 1100 g/mol. The summed E-state index contributed by atoms with van der Waals surface area (Å²) in [5.41, 5.74) is 1.26. The van der Waals surface area contributed by atoms with E-state index in [2.05, 4.69) is 19.3 Å². The lowest BCUT2D eigenvalue weighted by Gasteiger charge is -2.40. The first-order chi connectivity index (χ1) is 33.6. The maximum Gasteiger partial charge on any atom is 0.461 e. The summed E-state index contributed by atoms with van der Waals surface area (Å²) in [6.07, 6.45) is -12.6. The molecule has 23 heteroatoms. The van der Waals surface area contributed by atoms with Gasteiger partial charge in [0.1, 0.15) is 17.1 Å². The van der Waals surface area contributed by atoms with Crippen molar-refractivity contribution in [3.05, 3.63) is 97.1 Å². The fraction of sp³-hybridized carbons (Fsp3) is 0.480. The lowest BCUT2D eigenvalue weighted by Crippen LogP contribution is -2.56. The second-order valence-corrected chi connectivity index (χ2v) is 23.9. The van der Waals surface area contributed by atoms with E-state index in [-0.39, 0.29) is 47.9 Å². The number of hydrogen-bond donors (Lipinski definition) is 1. The number of nitrogens with zero attached hydrogens (tertiary/aromatic N) is 2. The van der Waals surface area contributed by atoms with Gasteiger partial charge in [-0.2, -0.15) is 35.1 Å². The summed E-state index contributed by atoms with van der Waals surface area (Å²) in [5.74, 6) is -2.99. The van der Waals surface area contributed by atoms with Crippen molar-refractivity contribution in [3.8, 4) is 33.8 Å². The van der Waals surface area contributed by atoms with E-state index in [4.69, 9.17) is 4.74 Å². The van der Waals surface area contributed by atoms with Crippen LogP contribution in [-0.2, 0) is 34.0 Å². The summed E-state index contributed by atoms with van der Waals surface area (Å²) in [7, 11) is -8.32. The third-order valence-corrected chi connectivity index (χ3v) is 18.2. The quantitative estimate of drug-likeness (QED) is 0.0838. The first-order valence-corrected chi connectivity index (χ1v) is 26.1. The van der Waals surface area contributed by atoms with Crippen LogP contribution >= 0.6 is 12.4 Å². The van der Waals surface area contributed by atoms with Crippen molar-refractivity contribution in [1.82, 2.24) is 9.80 Å². The highest BCUT2D eigenvalue weighted by molar-refractivity contribution is 7.94. The van der Waals surface area contributed by atoms with Gasteiger partial charge in [-0.15, -0.1) is 12.4 Å². The minimum atomic E-state index is -4.62. The van der Waals surface area contributed by atoms with Crippen LogP contribution in [0.15, 0.2) is 107 Å². The van der Waals surface area contributed by atoms with Crippen LogP contribution in [0.4, 0.5) is 35.1 Å². The van der Waals surface area contributed by atoms with Gasteiger partial charge in [0.25, 0.3) is 0 Å². The Morgan fingerprint density at radius 1 is 0.548 bits per heavy atom. The number of sulfone groups is 2. The molecule has 4 aliphatic rings. The minimum absolute atomic E-state index is 0. The standard InChI is InChI=1S/C27H31F4NO5S.C23H23F4NO5S.ClH/c1-25(2,3)37-24(33)26(14-16-32(17-15-26)20-8-9-20)38(34,35)22-12-6-19(7-13-22)18-4-10-21(11-5-18)36-27(30,31)23(28)29;24-20(25)23(26,27)33-18-7-1-15(2-8-18)16-3-9-19(10-4-16)34(31,32)22(21(29)30)11-13-28(14-12-22)17-5-6-17;/h4-7,10-13,20,23H,8-9,14-17H2,1-3H3;1-4,7-10,17,20H,5-6,11-14H2,(H,29,30);1H. The van der Waals surface area contributed by atoms with Crippen LogP contribution in [0.2, 0.25) is 0 Å². The second-order valence-electron chi connectivity index (χ2n) is 19.4. The molecule has 0 spiro atoms. The van der Waals surface area contributed by atoms with Crippen LogP contribution in [-0.4, -0.2) is 122 Å². The van der Waals surface area contributed by atoms with Crippen molar-refractivity contribution in [2.75, 3.05) is 26.2 Å². The number of carboxylic acids is 1. The fourth-order valence-electron chi connectivity index (χ4n) is 8.87. The van der Waals surface area contributed by atoms with Gasteiger partial charge < -0.3 is 29.1 Å². The van der Waals surface area contributed by atoms with Gasteiger partial charge in [-0.25, -0.2) is 16.8 Å². The number of aliphatic carboxylic acids is 1. The Morgan fingerprint density at radius 3 is 1.11 bits per heavy atom. The SMILES string of the molecule is CC(C)(C)OC(=O)C1(S(=O)(=O)c2ccc(-c3ccc(OC(F)(F)C(F)F)cc3)cc2)CCN(C2CC2)CC1.Cl.O=C(O)C1(S(=O)(=O)c2ccc(-c3ccc(OC(F)(F)C(F)F)cc3)cc2)CCN(C2CC2)CC1. The monoisotopic (exact) mass is 1090 g/mol. The van der Waals surface area contributed by atoms with Gasteiger partial charge in [-0.05, 0) is 143 Å². The number of ether oxygens (including phenoxy) is 3. The van der Waals surface area contributed by atoms with E-state index in [1.165, 1.54) is 60.7 Å². The molecule has 0 aromatic heterocycles. The molecule has 2 aliphatic heterocycles. The molecule has 2 heterocycles. The molecular weight excluding hydrogens is 1040 g/mol. The summed E-state index contributed by atoms with van der Waals surface area (Å²) in [6, 6.07) is 22.3. The van der Waals surface area contributed by atoms with Crippen LogP contribution in [0.25, 0.3) is 22.3 Å². The molecule has 2 saturated carbocycles. The van der Waals surface area contributed by atoms with E-state index < -0.39 is 83.3 Å².